The fourth-order valence-electron chi connectivity index (χ4n) is 3.15. The minimum absolute atomic E-state index is 0.298. The number of benzene rings is 1. The lowest BCUT2D eigenvalue weighted by Crippen LogP contribution is -2.37. The van der Waals surface area contributed by atoms with Crippen LogP contribution in [0.1, 0.15) is 35.2 Å². The van der Waals surface area contributed by atoms with Crippen molar-refractivity contribution in [2.24, 2.45) is 5.84 Å². The molecule has 0 fully saturated rings. The maximum Gasteiger partial charge on any atom is 0.0404 e. The third kappa shape index (κ3) is 3.69. The molecule has 3 N–H and O–H groups in total. The van der Waals surface area contributed by atoms with Crippen molar-refractivity contribution in [2.45, 2.75) is 44.6 Å². The first-order valence-electron chi connectivity index (χ1n) is 7.82. The highest BCUT2D eigenvalue weighted by Gasteiger charge is 2.13. The van der Waals surface area contributed by atoms with Crippen LogP contribution in [0, 0.1) is 0 Å². The number of hydrogen-bond acceptors (Lipinski definition) is 3. The molecule has 0 saturated heterocycles. The van der Waals surface area contributed by atoms with Gasteiger partial charge in [0.25, 0.3) is 0 Å². The molecule has 110 valence electrons. The first-order valence-corrected chi connectivity index (χ1v) is 7.82. The summed E-state index contributed by atoms with van der Waals surface area (Å²) in [5.74, 6) is 5.73. The van der Waals surface area contributed by atoms with E-state index in [2.05, 4.69) is 34.7 Å². The first kappa shape index (κ1) is 14.2. The fourth-order valence-corrected chi connectivity index (χ4v) is 3.15. The topological polar surface area (TPSA) is 50.9 Å². The summed E-state index contributed by atoms with van der Waals surface area (Å²) in [6.07, 6.45) is 8.57. The largest absolute Gasteiger partial charge is 0.271 e. The van der Waals surface area contributed by atoms with Crippen molar-refractivity contribution in [1.29, 1.82) is 0 Å². The molecule has 3 nitrogen and oxygen atoms in total. The molecule has 0 amide bonds. The van der Waals surface area contributed by atoms with Gasteiger partial charge in [0.2, 0.25) is 0 Å². The van der Waals surface area contributed by atoms with Gasteiger partial charge in [-0.25, -0.2) is 0 Å². The van der Waals surface area contributed by atoms with Crippen LogP contribution in [0.5, 0.6) is 0 Å². The van der Waals surface area contributed by atoms with Crippen molar-refractivity contribution < 1.29 is 0 Å². The molecule has 1 unspecified atom stereocenters. The Morgan fingerprint density at radius 3 is 2.86 bits per heavy atom. The highest BCUT2D eigenvalue weighted by molar-refractivity contribution is 5.35. The van der Waals surface area contributed by atoms with E-state index in [9.17, 15) is 0 Å². The molecular weight excluding hydrogens is 258 g/mol. The predicted octanol–water partition coefficient (Wildman–Crippen LogP) is 2.58. The molecule has 3 heteroatoms. The lowest BCUT2D eigenvalue weighted by Gasteiger charge is -2.16. The average molecular weight is 281 g/mol. The number of aryl methyl sites for hydroxylation is 3. The standard InChI is InChI=1S/C18H23N3/c19-21-18(10-9-17-6-1-2-11-20-17)13-14-7-8-15-4-3-5-16(15)12-14/h1-2,6-8,11-12,18,21H,3-5,9-10,13,19H2. The van der Waals surface area contributed by atoms with Gasteiger partial charge in [0.1, 0.15) is 0 Å². The van der Waals surface area contributed by atoms with E-state index in [4.69, 9.17) is 5.84 Å². The summed E-state index contributed by atoms with van der Waals surface area (Å²) in [6, 6.07) is 13.3. The molecule has 1 heterocycles. The Hall–Kier alpha value is -1.71. The molecule has 2 aromatic rings. The summed E-state index contributed by atoms with van der Waals surface area (Å²) in [5, 5.41) is 0. The zero-order chi connectivity index (χ0) is 14.5. The van der Waals surface area contributed by atoms with Gasteiger partial charge in [0.15, 0.2) is 0 Å². The van der Waals surface area contributed by atoms with Crippen LogP contribution in [0.2, 0.25) is 0 Å². The summed E-state index contributed by atoms with van der Waals surface area (Å²) in [4.78, 5) is 4.37. The molecule has 3 rings (SSSR count). The maximum absolute atomic E-state index is 5.73. The fraction of sp³-hybridized carbons (Fsp3) is 0.389. The number of nitrogens with two attached hydrogens (primary N) is 1. The SMILES string of the molecule is NNC(CCc1ccccn1)Cc1ccc2c(c1)CCC2. The van der Waals surface area contributed by atoms with Gasteiger partial charge in [-0.3, -0.25) is 16.3 Å². The van der Waals surface area contributed by atoms with Crippen molar-refractivity contribution in [3.8, 4) is 0 Å². The van der Waals surface area contributed by atoms with Crippen LogP contribution in [0.3, 0.4) is 0 Å². The number of aromatic nitrogens is 1. The summed E-state index contributed by atoms with van der Waals surface area (Å²) in [6.45, 7) is 0. The van der Waals surface area contributed by atoms with E-state index in [0.717, 1.165) is 25.0 Å². The molecule has 0 radical (unpaired) electrons. The van der Waals surface area contributed by atoms with Gasteiger partial charge in [-0.1, -0.05) is 24.3 Å². The maximum atomic E-state index is 5.73. The van der Waals surface area contributed by atoms with Crippen LogP contribution in [-0.4, -0.2) is 11.0 Å². The van der Waals surface area contributed by atoms with Crippen LogP contribution >= 0.6 is 0 Å². The van der Waals surface area contributed by atoms with E-state index in [0.29, 0.717) is 6.04 Å². The van der Waals surface area contributed by atoms with Crippen molar-refractivity contribution in [3.63, 3.8) is 0 Å². The smallest absolute Gasteiger partial charge is 0.0404 e. The van der Waals surface area contributed by atoms with Crippen LogP contribution in [0.25, 0.3) is 0 Å². The number of fused-ring (bicyclic) bond motifs is 1. The lowest BCUT2D eigenvalue weighted by molar-refractivity contribution is 0.489. The van der Waals surface area contributed by atoms with E-state index in [1.54, 1.807) is 0 Å². The third-order valence-corrected chi connectivity index (χ3v) is 4.36. The number of hydrazine groups is 1. The minimum Gasteiger partial charge on any atom is -0.271 e. The summed E-state index contributed by atoms with van der Waals surface area (Å²) in [7, 11) is 0. The predicted molar refractivity (Wildman–Crippen MR) is 85.8 cm³/mol. The second-order valence-corrected chi connectivity index (χ2v) is 5.88. The minimum atomic E-state index is 0.298. The van der Waals surface area contributed by atoms with Crippen LogP contribution in [0.4, 0.5) is 0 Å². The van der Waals surface area contributed by atoms with Crippen LogP contribution in [-0.2, 0) is 25.7 Å². The summed E-state index contributed by atoms with van der Waals surface area (Å²) in [5.41, 5.74) is 8.55. The van der Waals surface area contributed by atoms with Gasteiger partial charge in [-0.05, 0) is 67.3 Å². The van der Waals surface area contributed by atoms with E-state index in [1.165, 1.54) is 36.0 Å². The first-order chi connectivity index (χ1) is 10.3. The van der Waals surface area contributed by atoms with E-state index in [1.807, 2.05) is 18.3 Å². The number of nitrogens with one attached hydrogen (secondary N) is 1. The summed E-state index contributed by atoms with van der Waals surface area (Å²) < 4.78 is 0. The van der Waals surface area contributed by atoms with Gasteiger partial charge in [0.05, 0.1) is 0 Å². The lowest BCUT2D eigenvalue weighted by atomic mass is 9.98. The Balaban J connectivity index is 1.59. The highest BCUT2D eigenvalue weighted by Crippen LogP contribution is 2.23. The van der Waals surface area contributed by atoms with Gasteiger partial charge < -0.3 is 0 Å². The van der Waals surface area contributed by atoms with E-state index in [-0.39, 0.29) is 0 Å². The Morgan fingerprint density at radius 1 is 1.14 bits per heavy atom. The molecule has 1 aliphatic carbocycles. The zero-order valence-electron chi connectivity index (χ0n) is 12.4. The number of rotatable bonds is 6. The Labute approximate surface area is 126 Å². The molecule has 0 bridgehead atoms. The van der Waals surface area contributed by atoms with Gasteiger partial charge in [0, 0.05) is 17.9 Å². The van der Waals surface area contributed by atoms with E-state index >= 15 is 0 Å². The van der Waals surface area contributed by atoms with Crippen molar-refractivity contribution in [3.05, 3.63) is 65.0 Å². The van der Waals surface area contributed by atoms with Crippen molar-refractivity contribution in [1.82, 2.24) is 10.4 Å². The van der Waals surface area contributed by atoms with Gasteiger partial charge in [-0.15, -0.1) is 0 Å². The quantitative estimate of drug-likeness (QED) is 0.632. The molecule has 1 atom stereocenters. The Morgan fingerprint density at radius 2 is 2.05 bits per heavy atom. The van der Waals surface area contributed by atoms with Crippen LogP contribution < -0.4 is 11.3 Å². The Bertz CT molecular complexity index is 580. The molecule has 1 aliphatic rings. The Kier molecular flexibility index (Phi) is 4.63. The molecule has 1 aromatic carbocycles. The number of nitrogens with zero attached hydrogens (tertiary/aromatic N) is 1. The van der Waals surface area contributed by atoms with Gasteiger partial charge >= 0.3 is 0 Å². The monoisotopic (exact) mass is 281 g/mol. The van der Waals surface area contributed by atoms with E-state index < -0.39 is 0 Å². The van der Waals surface area contributed by atoms with Gasteiger partial charge in [-0.2, -0.15) is 0 Å². The molecule has 21 heavy (non-hydrogen) atoms. The van der Waals surface area contributed by atoms with Crippen molar-refractivity contribution in [2.75, 3.05) is 0 Å². The van der Waals surface area contributed by atoms with Crippen molar-refractivity contribution >= 4 is 0 Å². The number of hydrogen-bond donors (Lipinski definition) is 2. The highest BCUT2D eigenvalue weighted by atomic mass is 15.2. The normalized spacial score (nSPS) is 14.9. The van der Waals surface area contributed by atoms with Crippen LogP contribution in [0.15, 0.2) is 42.6 Å². The molecule has 1 aromatic heterocycles. The second kappa shape index (κ2) is 6.83. The second-order valence-electron chi connectivity index (χ2n) is 5.88. The molecular formula is C18H23N3. The molecule has 0 saturated carbocycles. The number of pyridine rings is 1. The zero-order valence-corrected chi connectivity index (χ0v) is 12.4. The molecule has 0 aliphatic heterocycles. The average Bonchev–Trinajstić information content (AvgIpc) is 3.00. The molecule has 0 spiro atoms. The summed E-state index contributed by atoms with van der Waals surface area (Å²) >= 11 is 0. The third-order valence-electron chi connectivity index (χ3n) is 4.36.